The predicted molar refractivity (Wildman–Crippen MR) is 64.8 cm³/mol. The van der Waals surface area contributed by atoms with Crippen LogP contribution in [0.15, 0.2) is 24.3 Å². The highest BCUT2D eigenvalue weighted by molar-refractivity contribution is 5.97. The number of carbonyl (C=O) groups excluding carboxylic acids is 2. The van der Waals surface area contributed by atoms with Gasteiger partial charge in [0.2, 0.25) is 0 Å². The van der Waals surface area contributed by atoms with Crippen LogP contribution in [0.4, 0.5) is 0 Å². The van der Waals surface area contributed by atoms with Crippen LogP contribution in [0, 0.1) is 0 Å². The van der Waals surface area contributed by atoms with Gasteiger partial charge in [0, 0.05) is 12.0 Å². The highest BCUT2D eigenvalue weighted by Gasteiger charge is 2.09. The number of nitrogens with two attached hydrogens (primary N) is 1. The molecule has 0 heterocycles. The van der Waals surface area contributed by atoms with Crippen LogP contribution in [0.2, 0.25) is 0 Å². The highest BCUT2D eigenvalue weighted by atomic mass is 16.5. The Hall–Kier alpha value is -1.68. The van der Waals surface area contributed by atoms with Gasteiger partial charge < -0.3 is 10.5 Å². The summed E-state index contributed by atoms with van der Waals surface area (Å²) in [5.41, 5.74) is 7.16. The number of carbonyl (C=O) groups is 2. The van der Waals surface area contributed by atoms with E-state index in [4.69, 9.17) is 5.73 Å². The molecule has 17 heavy (non-hydrogen) atoms. The van der Waals surface area contributed by atoms with Crippen LogP contribution in [-0.4, -0.2) is 25.4 Å². The molecule has 92 valence electrons. The number of hydrogen-bond donors (Lipinski definition) is 1. The predicted octanol–water partition coefficient (Wildman–Crippen LogP) is 1.32. The molecule has 0 aliphatic carbocycles. The minimum Gasteiger partial charge on any atom is -0.469 e. The van der Waals surface area contributed by atoms with E-state index < -0.39 is 0 Å². The van der Waals surface area contributed by atoms with Crippen molar-refractivity contribution in [2.45, 2.75) is 19.3 Å². The summed E-state index contributed by atoms with van der Waals surface area (Å²) in [6, 6.07) is 7.31. The van der Waals surface area contributed by atoms with Crippen molar-refractivity contribution in [3.8, 4) is 0 Å². The minimum atomic E-state index is -0.363. The lowest BCUT2D eigenvalue weighted by molar-refractivity contribution is -0.140. The summed E-state index contributed by atoms with van der Waals surface area (Å²) in [5, 5.41) is 0. The van der Waals surface area contributed by atoms with Crippen LogP contribution in [0.1, 0.15) is 28.8 Å². The first-order valence-electron chi connectivity index (χ1n) is 5.56. The van der Waals surface area contributed by atoms with Crippen molar-refractivity contribution in [2.75, 3.05) is 13.7 Å². The van der Waals surface area contributed by atoms with E-state index in [0.29, 0.717) is 12.1 Å². The Kier molecular flexibility index (Phi) is 5.36. The van der Waals surface area contributed by atoms with Gasteiger partial charge in [-0.2, -0.15) is 0 Å². The second-order valence-electron chi connectivity index (χ2n) is 3.73. The van der Waals surface area contributed by atoms with E-state index in [2.05, 4.69) is 4.74 Å². The highest BCUT2D eigenvalue weighted by Crippen LogP contribution is 2.09. The zero-order valence-corrected chi connectivity index (χ0v) is 9.94. The van der Waals surface area contributed by atoms with Gasteiger partial charge in [0.1, 0.15) is 0 Å². The number of rotatable bonds is 6. The minimum absolute atomic E-state index is 0.0466. The van der Waals surface area contributed by atoms with Gasteiger partial charge in [-0.25, -0.2) is 0 Å². The SMILES string of the molecule is COC(=O)CCC(=O)c1ccc(CCN)cc1. The van der Waals surface area contributed by atoms with Gasteiger partial charge in [-0.3, -0.25) is 9.59 Å². The Morgan fingerprint density at radius 3 is 2.35 bits per heavy atom. The quantitative estimate of drug-likeness (QED) is 0.596. The molecule has 0 spiro atoms. The van der Waals surface area contributed by atoms with Crippen molar-refractivity contribution >= 4 is 11.8 Å². The second-order valence-corrected chi connectivity index (χ2v) is 3.73. The fourth-order valence-electron chi connectivity index (χ4n) is 1.49. The standard InChI is InChI=1S/C13H17NO3/c1-17-13(16)7-6-12(15)11-4-2-10(3-5-11)8-9-14/h2-5H,6-9,14H2,1H3. The van der Waals surface area contributed by atoms with E-state index in [0.717, 1.165) is 12.0 Å². The number of methoxy groups -OCH3 is 1. The summed E-state index contributed by atoms with van der Waals surface area (Å²) in [7, 11) is 1.31. The molecule has 0 radical (unpaired) electrons. The Labute approximate surface area is 101 Å². The molecule has 1 aromatic carbocycles. The van der Waals surface area contributed by atoms with E-state index in [9.17, 15) is 9.59 Å². The van der Waals surface area contributed by atoms with Crippen molar-refractivity contribution in [1.82, 2.24) is 0 Å². The zero-order chi connectivity index (χ0) is 12.7. The summed E-state index contributed by atoms with van der Waals surface area (Å²) in [6.07, 6.45) is 1.11. The second kappa shape index (κ2) is 6.81. The summed E-state index contributed by atoms with van der Waals surface area (Å²) >= 11 is 0. The number of ether oxygens (including phenoxy) is 1. The van der Waals surface area contributed by atoms with Crippen LogP contribution in [0.25, 0.3) is 0 Å². The molecule has 4 nitrogen and oxygen atoms in total. The molecule has 0 amide bonds. The molecular weight excluding hydrogens is 218 g/mol. The van der Waals surface area contributed by atoms with Crippen molar-refractivity contribution in [3.63, 3.8) is 0 Å². The van der Waals surface area contributed by atoms with Crippen LogP contribution in [0.5, 0.6) is 0 Å². The normalized spacial score (nSPS) is 10.0. The molecule has 0 saturated carbocycles. The molecule has 0 aliphatic rings. The Morgan fingerprint density at radius 2 is 1.82 bits per heavy atom. The average Bonchev–Trinajstić information content (AvgIpc) is 2.36. The average molecular weight is 235 g/mol. The maximum atomic E-state index is 11.7. The van der Waals surface area contributed by atoms with Crippen LogP contribution in [0.3, 0.4) is 0 Å². The van der Waals surface area contributed by atoms with E-state index >= 15 is 0 Å². The smallest absolute Gasteiger partial charge is 0.305 e. The third-order valence-corrected chi connectivity index (χ3v) is 2.49. The van der Waals surface area contributed by atoms with E-state index in [1.165, 1.54) is 7.11 Å². The van der Waals surface area contributed by atoms with Gasteiger partial charge >= 0.3 is 5.97 Å². The topological polar surface area (TPSA) is 69.4 Å². The monoisotopic (exact) mass is 235 g/mol. The lowest BCUT2D eigenvalue weighted by Crippen LogP contribution is -2.06. The first-order valence-corrected chi connectivity index (χ1v) is 5.56. The van der Waals surface area contributed by atoms with Crippen molar-refractivity contribution in [1.29, 1.82) is 0 Å². The molecule has 1 rings (SSSR count). The van der Waals surface area contributed by atoms with Gasteiger partial charge in [-0.15, -0.1) is 0 Å². The number of ketones is 1. The Bertz CT molecular complexity index is 384. The molecule has 0 aromatic heterocycles. The zero-order valence-electron chi connectivity index (χ0n) is 9.94. The molecule has 0 bridgehead atoms. The summed E-state index contributed by atoms with van der Waals surface area (Å²) < 4.78 is 4.48. The molecule has 4 heteroatoms. The maximum absolute atomic E-state index is 11.7. The van der Waals surface area contributed by atoms with Gasteiger partial charge in [0.15, 0.2) is 5.78 Å². The molecule has 0 fully saturated rings. The lowest BCUT2D eigenvalue weighted by Gasteiger charge is -2.02. The van der Waals surface area contributed by atoms with Gasteiger partial charge in [-0.05, 0) is 18.5 Å². The number of hydrogen-bond acceptors (Lipinski definition) is 4. The van der Waals surface area contributed by atoms with E-state index in [1.807, 2.05) is 12.1 Å². The molecule has 2 N–H and O–H groups in total. The Morgan fingerprint density at radius 1 is 1.18 bits per heavy atom. The first kappa shape index (κ1) is 13.4. The molecule has 0 unspecified atom stereocenters. The summed E-state index contributed by atoms with van der Waals surface area (Å²) in [6.45, 7) is 0.593. The number of Topliss-reactive ketones (excluding diaryl/α,β-unsaturated/α-hetero) is 1. The number of benzene rings is 1. The summed E-state index contributed by atoms with van der Waals surface area (Å²) in [4.78, 5) is 22.6. The van der Waals surface area contributed by atoms with Gasteiger partial charge in [-0.1, -0.05) is 24.3 Å². The molecule has 1 aromatic rings. The van der Waals surface area contributed by atoms with Gasteiger partial charge in [0.05, 0.1) is 13.5 Å². The first-order chi connectivity index (χ1) is 8.17. The molecule has 0 saturated heterocycles. The largest absolute Gasteiger partial charge is 0.469 e. The van der Waals surface area contributed by atoms with Gasteiger partial charge in [0.25, 0.3) is 0 Å². The third kappa shape index (κ3) is 4.36. The number of esters is 1. The van der Waals surface area contributed by atoms with Crippen LogP contribution in [-0.2, 0) is 16.0 Å². The van der Waals surface area contributed by atoms with Crippen LogP contribution < -0.4 is 5.73 Å². The fourth-order valence-corrected chi connectivity index (χ4v) is 1.49. The van der Waals surface area contributed by atoms with E-state index in [-0.39, 0.29) is 24.6 Å². The molecular formula is C13H17NO3. The lowest BCUT2D eigenvalue weighted by atomic mass is 10.0. The maximum Gasteiger partial charge on any atom is 0.305 e. The Balaban J connectivity index is 2.54. The van der Waals surface area contributed by atoms with Crippen molar-refractivity contribution < 1.29 is 14.3 Å². The molecule has 0 atom stereocenters. The summed E-state index contributed by atoms with van der Waals surface area (Å²) in [5.74, 6) is -0.409. The van der Waals surface area contributed by atoms with Crippen molar-refractivity contribution in [2.24, 2.45) is 5.73 Å². The van der Waals surface area contributed by atoms with Crippen molar-refractivity contribution in [3.05, 3.63) is 35.4 Å². The van der Waals surface area contributed by atoms with E-state index in [1.54, 1.807) is 12.1 Å². The van der Waals surface area contributed by atoms with Crippen LogP contribution >= 0.6 is 0 Å². The molecule has 0 aliphatic heterocycles. The fraction of sp³-hybridized carbons (Fsp3) is 0.385. The third-order valence-electron chi connectivity index (χ3n) is 2.49.